The van der Waals surface area contributed by atoms with Crippen LogP contribution in [0.25, 0.3) is 0 Å². The van der Waals surface area contributed by atoms with Gasteiger partial charge in [0.25, 0.3) is 5.91 Å². The van der Waals surface area contributed by atoms with Crippen LogP contribution in [0, 0.1) is 11.6 Å². The van der Waals surface area contributed by atoms with Crippen LogP contribution in [-0.2, 0) is 14.8 Å². The molecular weight excluding hydrogens is 366 g/mol. The highest BCUT2D eigenvalue weighted by Gasteiger charge is 2.19. The number of nitrogens with one attached hydrogen (secondary N) is 2. The number of rotatable bonds is 7. The van der Waals surface area contributed by atoms with Crippen molar-refractivity contribution in [2.24, 2.45) is 0 Å². The van der Waals surface area contributed by atoms with Gasteiger partial charge in [0.15, 0.2) is 0 Å². The van der Waals surface area contributed by atoms with Crippen LogP contribution in [0.3, 0.4) is 0 Å². The molecule has 0 aliphatic heterocycles. The number of benzene rings is 2. The number of halogens is 2. The molecule has 0 radical (unpaired) electrons. The minimum Gasteiger partial charge on any atom is -0.383 e. The van der Waals surface area contributed by atoms with Crippen molar-refractivity contribution in [1.82, 2.24) is 4.72 Å². The van der Waals surface area contributed by atoms with Crippen molar-refractivity contribution in [2.75, 3.05) is 19.0 Å². The van der Waals surface area contributed by atoms with Gasteiger partial charge in [-0.15, -0.1) is 0 Å². The smallest absolute Gasteiger partial charge is 0.255 e. The molecule has 2 rings (SSSR count). The van der Waals surface area contributed by atoms with Gasteiger partial charge in [-0.25, -0.2) is 21.9 Å². The quantitative estimate of drug-likeness (QED) is 0.768. The Morgan fingerprint density at radius 1 is 1.15 bits per heavy atom. The molecule has 0 fully saturated rings. The van der Waals surface area contributed by atoms with Crippen molar-refractivity contribution in [2.45, 2.75) is 17.9 Å². The number of amides is 1. The zero-order chi connectivity index (χ0) is 19.3. The number of carbonyl (C=O) groups is 1. The normalized spacial score (nSPS) is 12.6. The zero-order valence-corrected chi connectivity index (χ0v) is 14.9. The molecule has 0 aliphatic rings. The first-order chi connectivity index (χ1) is 12.2. The molecule has 9 heteroatoms. The van der Waals surface area contributed by atoms with Gasteiger partial charge in [-0.1, -0.05) is 0 Å². The summed E-state index contributed by atoms with van der Waals surface area (Å²) < 4.78 is 58.7. The van der Waals surface area contributed by atoms with E-state index < -0.39 is 33.6 Å². The Bertz CT molecular complexity index is 886. The van der Waals surface area contributed by atoms with Gasteiger partial charge in [-0.3, -0.25) is 4.79 Å². The van der Waals surface area contributed by atoms with Crippen molar-refractivity contribution in [3.8, 4) is 0 Å². The average molecular weight is 384 g/mol. The Balaban J connectivity index is 2.16. The first-order valence-corrected chi connectivity index (χ1v) is 9.09. The standard InChI is InChI=1S/C17H18F2N2O4S/c1-11(10-25-2)21-26(23,24)14-7-8-16(15(19)9-14)20-17(22)12-3-5-13(18)6-4-12/h3-9,11,21H,10H2,1-2H3,(H,20,22)/t11-/m0/s1. The summed E-state index contributed by atoms with van der Waals surface area (Å²) >= 11 is 0. The molecule has 0 saturated carbocycles. The highest BCUT2D eigenvalue weighted by Crippen LogP contribution is 2.20. The van der Waals surface area contributed by atoms with Crippen molar-refractivity contribution in [3.63, 3.8) is 0 Å². The Labute approximate surface area is 150 Å². The summed E-state index contributed by atoms with van der Waals surface area (Å²) in [6, 6.07) is 7.35. The molecule has 1 amide bonds. The molecule has 2 aromatic carbocycles. The number of sulfonamides is 1. The number of ether oxygens (including phenoxy) is 1. The van der Waals surface area contributed by atoms with Gasteiger partial charge in [-0.2, -0.15) is 0 Å². The van der Waals surface area contributed by atoms with E-state index in [-0.39, 0.29) is 22.8 Å². The minimum atomic E-state index is -3.93. The first-order valence-electron chi connectivity index (χ1n) is 7.60. The lowest BCUT2D eigenvalue weighted by molar-refractivity contribution is 0.102. The number of hydrogen-bond donors (Lipinski definition) is 2. The maximum atomic E-state index is 14.2. The van der Waals surface area contributed by atoms with Crippen molar-refractivity contribution in [3.05, 3.63) is 59.7 Å². The molecule has 0 saturated heterocycles. The topological polar surface area (TPSA) is 84.5 Å². The van der Waals surface area contributed by atoms with Crippen LogP contribution in [0.5, 0.6) is 0 Å². The van der Waals surface area contributed by atoms with Crippen LogP contribution in [0.1, 0.15) is 17.3 Å². The van der Waals surface area contributed by atoms with E-state index in [2.05, 4.69) is 10.0 Å². The van der Waals surface area contributed by atoms with Crippen molar-refractivity contribution >= 4 is 21.6 Å². The van der Waals surface area contributed by atoms with Crippen molar-refractivity contribution < 1.29 is 26.7 Å². The highest BCUT2D eigenvalue weighted by atomic mass is 32.2. The molecule has 0 bridgehead atoms. The molecular formula is C17H18F2N2O4S. The molecule has 2 aromatic rings. The fraction of sp³-hybridized carbons (Fsp3) is 0.235. The van der Waals surface area contributed by atoms with Crippen LogP contribution in [0.2, 0.25) is 0 Å². The molecule has 1 atom stereocenters. The lowest BCUT2D eigenvalue weighted by Gasteiger charge is -2.14. The minimum absolute atomic E-state index is 0.137. The maximum absolute atomic E-state index is 14.2. The maximum Gasteiger partial charge on any atom is 0.255 e. The van der Waals surface area contributed by atoms with Gasteiger partial charge in [0.05, 0.1) is 17.2 Å². The zero-order valence-electron chi connectivity index (χ0n) is 14.1. The second-order valence-corrected chi connectivity index (χ2v) is 7.29. The van der Waals surface area contributed by atoms with E-state index in [1.807, 2.05) is 0 Å². The van der Waals surface area contributed by atoms with Crippen LogP contribution < -0.4 is 10.0 Å². The number of anilines is 1. The summed E-state index contributed by atoms with van der Waals surface area (Å²) in [4.78, 5) is 11.8. The Morgan fingerprint density at radius 3 is 2.38 bits per heavy atom. The fourth-order valence-electron chi connectivity index (χ4n) is 2.18. The van der Waals surface area contributed by atoms with E-state index in [1.165, 1.54) is 25.3 Å². The van der Waals surface area contributed by atoms with E-state index in [4.69, 9.17) is 4.74 Å². The summed E-state index contributed by atoms with van der Waals surface area (Å²) in [5, 5.41) is 2.31. The van der Waals surface area contributed by atoms with Crippen LogP contribution in [0.15, 0.2) is 47.4 Å². The molecule has 26 heavy (non-hydrogen) atoms. The summed E-state index contributed by atoms with van der Waals surface area (Å²) in [7, 11) is -2.50. The molecule has 0 aromatic heterocycles. The molecule has 2 N–H and O–H groups in total. The van der Waals surface area contributed by atoms with Gasteiger partial charge in [0.1, 0.15) is 11.6 Å². The third-order valence-electron chi connectivity index (χ3n) is 3.38. The second kappa shape index (κ2) is 8.35. The Hall–Kier alpha value is -2.36. The third kappa shape index (κ3) is 5.07. The SMILES string of the molecule is COC[C@H](C)NS(=O)(=O)c1ccc(NC(=O)c2ccc(F)cc2)c(F)c1. The van der Waals surface area contributed by atoms with E-state index in [0.29, 0.717) is 0 Å². The third-order valence-corrected chi connectivity index (χ3v) is 4.97. The molecule has 0 aliphatic carbocycles. The lowest BCUT2D eigenvalue weighted by atomic mass is 10.2. The van der Waals surface area contributed by atoms with Gasteiger partial charge >= 0.3 is 0 Å². The number of hydrogen-bond acceptors (Lipinski definition) is 4. The fourth-order valence-corrected chi connectivity index (χ4v) is 3.42. The Morgan fingerprint density at radius 2 is 1.81 bits per heavy atom. The molecule has 6 nitrogen and oxygen atoms in total. The first kappa shape index (κ1) is 20.0. The largest absolute Gasteiger partial charge is 0.383 e. The summed E-state index contributed by atoms with van der Waals surface area (Å²) in [5.41, 5.74) is -0.0548. The average Bonchev–Trinajstić information content (AvgIpc) is 2.56. The van der Waals surface area contributed by atoms with E-state index >= 15 is 0 Å². The summed E-state index contributed by atoms with van der Waals surface area (Å²) in [6.07, 6.45) is 0. The predicted molar refractivity (Wildman–Crippen MR) is 92.4 cm³/mol. The molecule has 140 valence electrons. The van der Waals surface area contributed by atoms with Crippen LogP contribution in [0.4, 0.5) is 14.5 Å². The van der Waals surface area contributed by atoms with Gasteiger partial charge in [0, 0.05) is 18.7 Å². The Kier molecular flexibility index (Phi) is 6.41. The van der Waals surface area contributed by atoms with E-state index in [9.17, 15) is 22.0 Å². The monoisotopic (exact) mass is 384 g/mol. The molecule has 0 unspecified atom stereocenters. The number of carbonyl (C=O) groups excluding carboxylic acids is 1. The lowest BCUT2D eigenvalue weighted by Crippen LogP contribution is -2.35. The molecule has 0 spiro atoms. The number of methoxy groups -OCH3 is 1. The summed E-state index contributed by atoms with van der Waals surface area (Å²) in [5.74, 6) is -2.06. The van der Waals surface area contributed by atoms with Crippen LogP contribution >= 0.6 is 0 Å². The second-order valence-electron chi connectivity index (χ2n) is 5.58. The highest BCUT2D eigenvalue weighted by molar-refractivity contribution is 7.89. The summed E-state index contributed by atoms with van der Waals surface area (Å²) in [6.45, 7) is 1.77. The van der Waals surface area contributed by atoms with Gasteiger partial charge in [0.2, 0.25) is 10.0 Å². The predicted octanol–water partition coefficient (Wildman–Crippen LogP) is 2.53. The molecule has 0 heterocycles. The van der Waals surface area contributed by atoms with E-state index in [0.717, 1.165) is 24.3 Å². The van der Waals surface area contributed by atoms with Gasteiger partial charge in [-0.05, 0) is 49.4 Å². The van der Waals surface area contributed by atoms with Crippen molar-refractivity contribution in [1.29, 1.82) is 0 Å². The van der Waals surface area contributed by atoms with Crippen LogP contribution in [-0.4, -0.2) is 34.1 Å². The van der Waals surface area contributed by atoms with Gasteiger partial charge < -0.3 is 10.1 Å². The van der Waals surface area contributed by atoms with E-state index in [1.54, 1.807) is 6.92 Å².